The molecule has 1 aromatic rings. The summed E-state index contributed by atoms with van der Waals surface area (Å²) in [6.45, 7) is 3.59. The van der Waals surface area contributed by atoms with Gasteiger partial charge in [-0.05, 0) is 43.6 Å². The van der Waals surface area contributed by atoms with Crippen molar-refractivity contribution in [2.24, 2.45) is 0 Å². The number of nitrogens with zero attached hydrogens (tertiary/aromatic N) is 1. The molecule has 1 aliphatic heterocycles. The first-order valence-corrected chi connectivity index (χ1v) is 4.91. The van der Waals surface area contributed by atoms with Crippen LogP contribution in [0, 0.1) is 0 Å². The molecule has 1 aliphatic rings. The molecule has 3 heteroatoms. The van der Waals surface area contributed by atoms with Crippen LogP contribution in [0.4, 0.5) is 5.69 Å². The normalized spacial score (nSPS) is 16.6. The number of hydrogen-bond acceptors (Lipinski definition) is 2. The lowest BCUT2D eigenvalue weighted by atomic mass is 10.2. The van der Waals surface area contributed by atoms with E-state index < -0.39 is 0 Å². The Hall–Kier alpha value is -0.730. The maximum Gasteiger partial charge on any atom is 0.0314 e. The number of anilines is 1. The lowest BCUT2D eigenvalue weighted by molar-refractivity contribution is -0.00000273. The Kier molecular flexibility index (Phi) is 4.23. The molecule has 0 aliphatic carbocycles. The van der Waals surface area contributed by atoms with Crippen LogP contribution in [-0.2, 0) is 6.54 Å². The molecular formula is C11H16ClN2-. The summed E-state index contributed by atoms with van der Waals surface area (Å²) in [5.74, 6) is 0. The average Bonchev–Trinajstić information content (AvgIpc) is 2.62. The zero-order valence-corrected chi connectivity index (χ0v) is 9.00. The van der Waals surface area contributed by atoms with E-state index in [0.717, 1.165) is 12.2 Å². The molecule has 78 valence electrons. The summed E-state index contributed by atoms with van der Waals surface area (Å²) in [5, 5.41) is 0. The summed E-state index contributed by atoms with van der Waals surface area (Å²) in [6, 6.07) is 8.19. The Bertz CT molecular complexity index is 265. The first kappa shape index (κ1) is 11.3. The highest BCUT2D eigenvalue weighted by Gasteiger charge is 2.10. The van der Waals surface area contributed by atoms with Crippen LogP contribution in [0.3, 0.4) is 0 Å². The van der Waals surface area contributed by atoms with Crippen molar-refractivity contribution in [1.82, 2.24) is 4.90 Å². The van der Waals surface area contributed by atoms with Crippen molar-refractivity contribution in [3.8, 4) is 0 Å². The molecule has 1 heterocycles. The Balaban J connectivity index is 0.000000980. The average molecular weight is 212 g/mol. The van der Waals surface area contributed by atoms with Crippen LogP contribution in [-0.4, -0.2) is 18.0 Å². The number of nitrogens with two attached hydrogens (primary N) is 1. The van der Waals surface area contributed by atoms with Gasteiger partial charge in [0, 0.05) is 12.2 Å². The monoisotopic (exact) mass is 211 g/mol. The smallest absolute Gasteiger partial charge is 0.0314 e. The van der Waals surface area contributed by atoms with E-state index in [2.05, 4.69) is 17.0 Å². The van der Waals surface area contributed by atoms with Gasteiger partial charge in [-0.1, -0.05) is 12.1 Å². The quantitative estimate of drug-likeness (QED) is 0.628. The van der Waals surface area contributed by atoms with E-state index in [-0.39, 0.29) is 12.4 Å². The molecule has 1 aromatic carbocycles. The van der Waals surface area contributed by atoms with Gasteiger partial charge >= 0.3 is 0 Å². The van der Waals surface area contributed by atoms with Crippen LogP contribution in [0.25, 0.3) is 0 Å². The Labute approximate surface area is 91.5 Å². The van der Waals surface area contributed by atoms with Crippen LogP contribution in [0.5, 0.6) is 0 Å². The number of benzene rings is 1. The second-order valence-corrected chi connectivity index (χ2v) is 3.72. The summed E-state index contributed by atoms with van der Waals surface area (Å²) in [7, 11) is 0. The van der Waals surface area contributed by atoms with Crippen LogP contribution >= 0.6 is 0 Å². The molecule has 0 atom stereocenters. The van der Waals surface area contributed by atoms with Gasteiger partial charge in [0.25, 0.3) is 0 Å². The van der Waals surface area contributed by atoms with Gasteiger partial charge in [0.05, 0.1) is 0 Å². The maximum atomic E-state index is 5.62. The van der Waals surface area contributed by atoms with Gasteiger partial charge in [0.15, 0.2) is 0 Å². The summed E-state index contributed by atoms with van der Waals surface area (Å²) in [4.78, 5) is 2.49. The lowest BCUT2D eigenvalue weighted by Crippen LogP contribution is -3.00. The van der Waals surface area contributed by atoms with Crippen molar-refractivity contribution in [3.05, 3.63) is 29.8 Å². The standard InChI is InChI=1S/C11H16N2.ClH/c12-11-5-3-10(4-6-11)9-13-7-1-2-8-13;/h3-6H,1-2,7-9,12H2;1H/p-1. The minimum absolute atomic E-state index is 0. The van der Waals surface area contributed by atoms with Gasteiger partial charge in [0.1, 0.15) is 0 Å². The third kappa shape index (κ3) is 2.89. The maximum absolute atomic E-state index is 5.62. The number of rotatable bonds is 2. The minimum atomic E-state index is 0. The van der Waals surface area contributed by atoms with Crippen molar-refractivity contribution >= 4 is 5.69 Å². The zero-order chi connectivity index (χ0) is 9.10. The summed E-state index contributed by atoms with van der Waals surface area (Å²) >= 11 is 0. The molecule has 0 bridgehead atoms. The highest BCUT2D eigenvalue weighted by atomic mass is 35.5. The van der Waals surface area contributed by atoms with Crippen molar-refractivity contribution < 1.29 is 12.4 Å². The van der Waals surface area contributed by atoms with E-state index in [1.165, 1.54) is 31.5 Å². The molecule has 0 saturated carbocycles. The Morgan fingerprint density at radius 1 is 1.07 bits per heavy atom. The van der Waals surface area contributed by atoms with E-state index in [1.54, 1.807) is 0 Å². The topological polar surface area (TPSA) is 29.3 Å². The summed E-state index contributed by atoms with van der Waals surface area (Å²) in [5.41, 5.74) is 7.84. The number of hydrogen-bond donors (Lipinski definition) is 1. The highest BCUT2D eigenvalue weighted by molar-refractivity contribution is 5.39. The number of nitrogen functional groups attached to an aromatic ring is 1. The van der Waals surface area contributed by atoms with Crippen LogP contribution in [0.15, 0.2) is 24.3 Å². The molecule has 2 rings (SSSR count). The van der Waals surface area contributed by atoms with Crippen molar-refractivity contribution in [2.45, 2.75) is 19.4 Å². The van der Waals surface area contributed by atoms with Gasteiger partial charge in [-0.15, -0.1) is 0 Å². The van der Waals surface area contributed by atoms with E-state index in [1.807, 2.05) is 12.1 Å². The van der Waals surface area contributed by atoms with Crippen molar-refractivity contribution in [1.29, 1.82) is 0 Å². The minimum Gasteiger partial charge on any atom is -1.00 e. The molecule has 1 saturated heterocycles. The van der Waals surface area contributed by atoms with E-state index in [0.29, 0.717) is 0 Å². The van der Waals surface area contributed by atoms with Crippen molar-refractivity contribution in [2.75, 3.05) is 18.8 Å². The summed E-state index contributed by atoms with van der Waals surface area (Å²) in [6.07, 6.45) is 2.71. The van der Waals surface area contributed by atoms with Crippen LogP contribution in [0.1, 0.15) is 18.4 Å². The predicted molar refractivity (Wildman–Crippen MR) is 55.4 cm³/mol. The third-order valence-electron chi connectivity index (χ3n) is 2.58. The fraction of sp³-hybridized carbons (Fsp3) is 0.455. The van der Waals surface area contributed by atoms with Crippen molar-refractivity contribution in [3.63, 3.8) is 0 Å². The lowest BCUT2D eigenvalue weighted by Gasteiger charge is -2.14. The van der Waals surface area contributed by atoms with Crippen LogP contribution < -0.4 is 18.1 Å². The second-order valence-electron chi connectivity index (χ2n) is 3.72. The number of halogens is 1. The molecule has 2 nitrogen and oxygen atoms in total. The molecule has 0 spiro atoms. The zero-order valence-electron chi connectivity index (χ0n) is 8.25. The molecule has 0 amide bonds. The predicted octanol–water partition coefficient (Wildman–Crippen LogP) is -1.13. The van der Waals surface area contributed by atoms with Gasteiger partial charge in [-0.3, -0.25) is 4.90 Å². The van der Waals surface area contributed by atoms with E-state index in [4.69, 9.17) is 5.73 Å². The second kappa shape index (κ2) is 5.23. The SMILES string of the molecule is Nc1ccc(CN2CCCC2)cc1.[Cl-]. The molecule has 1 fully saturated rings. The van der Waals surface area contributed by atoms with Gasteiger partial charge in [-0.2, -0.15) is 0 Å². The Morgan fingerprint density at radius 3 is 2.21 bits per heavy atom. The fourth-order valence-electron chi connectivity index (χ4n) is 1.82. The first-order chi connectivity index (χ1) is 6.34. The largest absolute Gasteiger partial charge is 1.00 e. The van der Waals surface area contributed by atoms with E-state index >= 15 is 0 Å². The molecule has 0 unspecified atom stereocenters. The molecule has 0 aromatic heterocycles. The van der Waals surface area contributed by atoms with Crippen LogP contribution in [0.2, 0.25) is 0 Å². The molecule has 0 radical (unpaired) electrons. The molecule has 2 N–H and O–H groups in total. The molecular weight excluding hydrogens is 196 g/mol. The highest BCUT2D eigenvalue weighted by Crippen LogP contribution is 2.13. The number of likely N-dealkylation sites (tertiary alicyclic amines) is 1. The van der Waals surface area contributed by atoms with E-state index in [9.17, 15) is 0 Å². The molecule has 14 heavy (non-hydrogen) atoms. The Morgan fingerprint density at radius 2 is 1.64 bits per heavy atom. The first-order valence-electron chi connectivity index (χ1n) is 4.91. The van der Waals surface area contributed by atoms with Gasteiger partial charge < -0.3 is 18.1 Å². The third-order valence-corrected chi connectivity index (χ3v) is 2.58. The van der Waals surface area contributed by atoms with Gasteiger partial charge in [-0.25, -0.2) is 0 Å². The van der Waals surface area contributed by atoms with Gasteiger partial charge in [0.2, 0.25) is 0 Å². The summed E-state index contributed by atoms with van der Waals surface area (Å²) < 4.78 is 0. The fourth-order valence-corrected chi connectivity index (χ4v) is 1.82.